The minimum absolute atomic E-state index is 0. The van der Waals surface area contributed by atoms with Crippen LogP contribution in [-0.4, -0.2) is 0 Å². The van der Waals surface area contributed by atoms with Crippen molar-refractivity contribution in [1.82, 2.24) is 0 Å². The van der Waals surface area contributed by atoms with E-state index in [0.29, 0.717) is 5.69 Å². The van der Waals surface area contributed by atoms with Gasteiger partial charge in [-0.3, -0.25) is 0 Å². The number of thiol groups is 1. The number of halogens is 2. The van der Waals surface area contributed by atoms with Gasteiger partial charge in [0.2, 0.25) is 0 Å². The van der Waals surface area contributed by atoms with E-state index in [0.717, 1.165) is 0 Å². The lowest BCUT2D eigenvalue weighted by atomic mass is 10.3. The van der Waals surface area contributed by atoms with E-state index in [1.165, 1.54) is 6.07 Å². The monoisotopic (exact) mass is 179 g/mol. The first-order chi connectivity index (χ1) is 4.22. The van der Waals surface area contributed by atoms with Crippen LogP contribution in [0.5, 0.6) is 0 Å². The third-order valence-corrected chi connectivity index (χ3v) is 1.49. The molecule has 0 aliphatic carbocycles. The molecule has 0 heterocycles. The molecule has 1 aromatic rings. The van der Waals surface area contributed by atoms with E-state index in [2.05, 4.69) is 12.6 Å². The maximum Gasteiger partial charge on any atom is 0.138 e. The summed E-state index contributed by atoms with van der Waals surface area (Å²) in [7, 11) is 0. The predicted octanol–water partition coefficient (Wildman–Crippen LogP) is 2.12. The summed E-state index contributed by atoms with van der Waals surface area (Å²) in [6.45, 7) is 0. The van der Waals surface area contributed by atoms with E-state index in [9.17, 15) is 4.39 Å². The molecule has 1 rings (SSSR count). The predicted molar refractivity (Wildman–Crippen MR) is 45.3 cm³/mol. The fourth-order valence-electron chi connectivity index (χ4n) is 0.532. The summed E-state index contributed by atoms with van der Waals surface area (Å²) < 4.78 is 12.4. The molecule has 10 heavy (non-hydrogen) atoms. The molecular formula is C6H7ClFNS. The van der Waals surface area contributed by atoms with Crippen molar-refractivity contribution in [2.75, 3.05) is 5.73 Å². The fourth-order valence-corrected chi connectivity index (χ4v) is 0.681. The van der Waals surface area contributed by atoms with Gasteiger partial charge in [0.15, 0.2) is 0 Å². The second-order valence-corrected chi connectivity index (χ2v) is 2.12. The van der Waals surface area contributed by atoms with Crippen molar-refractivity contribution in [2.24, 2.45) is 0 Å². The largest absolute Gasteiger partial charge is 0.398 e. The van der Waals surface area contributed by atoms with Crippen LogP contribution in [0.3, 0.4) is 0 Å². The lowest BCUT2D eigenvalue weighted by Crippen LogP contribution is -1.88. The Hall–Kier alpha value is -0.410. The van der Waals surface area contributed by atoms with Gasteiger partial charge in [-0.1, -0.05) is 6.07 Å². The smallest absolute Gasteiger partial charge is 0.138 e. The summed E-state index contributed by atoms with van der Waals surface area (Å²) >= 11 is 3.81. The molecule has 56 valence electrons. The van der Waals surface area contributed by atoms with Gasteiger partial charge in [0, 0.05) is 5.69 Å². The van der Waals surface area contributed by atoms with Crippen LogP contribution in [0.25, 0.3) is 0 Å². The van der Waals surface area contributed by atoms with Crippen LogP contribution in [0.15, 0.2) is 23.1 Å². The van der Waals surface area contributed by atoms with Crippen molar-refractivity contribution in [2.45, 2.75) is 4.90 Å². The molecule has 1 aromatic carbocycles. The zero-order valence-electron chi connectivity index (χ0n) is 5.04. The van der Waals surface area contributed by atoms with Crippen LogP contribution < -0.4 is 5.73 Å². The van der Waals surface area contributed by atoms with Gasteiger partial charge >= 0.3 is 0 Å². The molecule has 0 radical (unpaired) electrons. The number of benzene rings is 1. The van der Waals surface area contributed by atoms with Gasteiger partial charge in [-0.15, -0.1) is 25.0 Å². The van der Waals surface area contributed by atoms with E-state index in [-0.39, 0.29) is 23.1 Å². The first-order valence-electron chi connectivity index (χ1n) is 2.45. The number of hydrogen-bond acceptors (Lipinski definition) is 2. The molecule has 0 fully saturated rings. The zero-order chi connectivity index (χ0) is 6.85. The summed E-state index contributed by atoms with van der Waals surface area (Å²) in [6, 6.07) is 4.47. The lowest BCUT2D eigenvalue weighted by Gasteiger charge is -1.96. The van der Waals surface area contributed by atoms with Crippen molar-refractivity contribution in [3.63, 3.8) is 0 Å². The molecule has 0 saturated heterocycles. The van der Waals surface area contributed by atoms with Gasteiger partial charge in [0.1, 0.15) is 5.82 Å². The van der Waals surface area contributed by atoms with Crippen LogP contribution in [-0.2, 0) is 0 Å². The van der Waals surface area contributed by atoms with E-state index in [1.54, 1.807) is 12.1 Å². The number of nitrogens with two attached hydrogens (primary N) is 1. The van der Waals surface area contributed by atoms with Gasteiger partial charge in [-0.05, 0) is 12.1 Å². The Labute approximate surface area is 70.2 Å². The molecule has 0 unspecified atom stereocenters. The van der Waals surface area contributed by atoms with Crippen LogP contribution in [0.4, 0.5) is 10.1 Å². The molecule has 0 atom stereocenters. The Bertz CT molecular complexity index is 209. The summed E-state index contributed by atoms with van der Waals surface area (Å²) in [5.74, 6) is -0.377. The van der Waals surface area contributed by atoms with Crippen molar-refractivity contribution in [3.8, 4) is 0 Å². The Morgan fingerprint density at radius 2 is 2.00 bits per heavy atom. The standard InChI is InChI=1S/C6H6FNS.ClH/c7-4-2-1-3-5(8)6(4)9;/h1-3,9H,8H2;1H. The average molecular weight is 180 g/mol. The molecule has 0 bridgehead atoms. The van der Waals surface area contributed by atoms with E-state index in [1.807, 2.05) is 0 Å². The highest BCUT2D eigenvalue weighted by Crippen LogP contribution is 2.18. The SMILES string of the molecule is Cl.Nc1cccc(F)c1S. The molecule has 0 saturated carbocycles. The Morgan fingerprint density at radius 3 is 2.40 bits per heavy atom. The highest BCUT2D eigenvalue weighted by Gasteiger charge is 1.97. The van der Waals surface area contributed by atoms with Gasteiger partial charge in [-0.2, -0.15) is 0 Å². The first-order valence-corrected chi connectivity index (χ1v) is 2.89. The molecule has 0 aromatic heterocycles. The van der Waals surface area contributed by atoms with Crippen molar-refractivity contribution >= 4 is 30.7 Å². The van der Waals surface area contributed by atoms with Crippen LogP contribution in [0.1, 0.15) is 0 Å². The minimum Gasteiger partial charge on any atom is -0.398 e. The summed E-state index contributed by atoms with van der Waals surface area (Å²) in [4.78, 5) is 0.220. The molecular weight excluding hydrogens is 173 g/mol. The second-order valence-electron chi connectivity index (χ2n) is 1.68. The maximum atomic E-state index is 12.4. The first kappa shape index (κ1) is 9.59. The van der Waals surface area contributed by atoms with Crippen molar-refractivity contribution in [3.05, 3.63) is 24.0 Å². The van der Waals surface area contributed by atoms with Gasteiger partial charge in [-0.25, -0.2) is 4.39 Å². The Kier molecular flexibility index (Phi) is 3.53. The summed E-state index contributed by atoms with van der Waals surface area (Å²) in [5, 5.41) is 0. The molecule has 0 aliphatic rings. The van der Waals surface area contributed by atoms with Gasteiger partial charge in [0.05, 0.1) is 4.90 Å². The maximum absolute atomic E-state index is 12.4. The highest BCUT2D eigenvalue weighted by molar-refractivity contribution is 7.80. The number of hydrogen-bond donors (Lipinski definition) is 2. The van der Waals surface area contributed by atoms with E-state index >= 15 is 0 Å². The van der Waals surface area contributed by atoms with Crippen molar-refractivity contribution < 1.29 is 4.39 Å². The van der Waals surface area contributed by atoms with Crippen LogP contribution >= 0.6 is 25.0 Å². The molecule has 0 amide bonds. The van der Waals surface area contributed by atoms with Crippen LogP contribution in [0.2, 0.25) is 0 Å². The molecule has 1 nitrogen and oxygen atoms in total. The fraction of sp³-hybridized carbons (Fsp3) is 0. The molecule has 2 N–H and O–H groups in total. The average Bonchev–Trinajstić information content (AvgIpc) is 1.83. The second kappa shape index (κ2) is 3.68. The number of anilines is 1. The minimum atomic E-state index is -0.377. The lowest BCUT2D eigenvalue weighted by molar-refractivity contribution is 0.604. The van der Waals surface area contributed by atoms with E-state index < -0.39 is 0 Å². The van der Waals surface area contributed by atoms with E-state index in [4.69, 9.17) is 5.73 Å². The molecule has 4 heteroatoms. The highest BCUT2D eigenvalue weighted by atomic mass is 35.5. The third-order valence-electron chi connectivity index (χ3n) is 1.02. The van der Waals surface area contributed by atoms with Crippen molar-refractivity contribution in [1.29, 1.82) is 0 Å². The summed E-state index contributed by atoms with van der Waals surface area (Å²) in [5.41, 5.74) is 5.68. The summed E-state index contributed by atoms with van der Waals surface area (Å²) in [6.07, 6.45) is 0. The van der Waals surface area contributed by atoms with Gasteiger partial charge < -0.3 is 5.73 Å². The molecule has 0 aliphatic heterocycles. The number of nitrogen functional groups attached to an aromatic ring is 1. The Balaban J connectivity index is 0.000000810. The normalized spacial score (nSPS) is 8.60. The Morgan fingerprint density at radius 1 is 1.40 bits per heavy atom. The topological polar surface area (TPSA) is 26.0 Å². The van der Waals surface area contributed by atoms with Crippen LogP contribution in [0, 0.1) is 5.82 Å². The molecule has 0 spiro atoms. The quantitative estimate of drug-likeness (QED) is 0.463. The third kappa shape index (κ3) is 1.78. The zero-order valence-corrected chi connectivity index (χ0v) is 6.75. The number of rotatable bonds is 0. The van der Waals surface area contributed by atoms with Gasteiger partial charge in [0.25, 0.3) is 0 Å².